The Labute approximate surface area is 111 Å². The van der Waals surface area contributed by atoms with E-state index >= 15 is 0 Å². The Morgan fingerprint density at radius 1 is 1.11 bits per heavy atom. The minimum atomic E-state index is -0.0809. The first-order valence-corrected chi connectivity index (χ1v) is 5.94. The largest absolute Gasteiger partial charge is 0.497 e. The van der Waals surface area contributed by atoms with E-state index in [1.54, 1.807) is 43.5 Å². The zero-order valence-corrected chi connectivity index (χ0v) is 11.0. The second-order valence-corrected chi connectivity index (χ2v) is 4.45. The number of hydrogen-bond donors (Lipinski definition) is 0. The van der Waals surface area contributed by atoms with E-state index in [1.807, 2.05) is 13.0 Å². The molecular formula is C15H13ClO2. The molecule has 0 radical (unpaired) electrons. The molecule has 2 aromatic rings. The zero-order chi connectivity index (χ0) is 13.1. The molecule has 0 spiro atoms. The first-order chi connectivity index (χ1) is 8.61. The lowest BCUT2D eigenvalue weighted by Gasteiger charge is -2.05. The van der Waals surface area contributed by atoms with Crippen molar-refractivity contribution in [2.24, 2.45) is 0 Å². The molecule has 3 heteroatoms. The Kier molecular flexibility index (Phi) is 3.68. The van der Waals surface area contributed by atoms with Crippen molar-refractivity contribution in [1.82, 2.24) is 0 Å². The predicted octanol–water partition coefficient (Wildman–Crippen LogP) is 3.89. The fourth-order valence-electron chi connectivity index (χ4n) is 1.70. The number of rotatable bonds is 3. The van der Waals surface area contributed by atoms with Gasteiger partial charge in [0.25, 0.3) is 0 Å². The first kappa shape index (κ1) is 12.7. The lowest BCUT2D eigenvalue weighted by molar-refractivity contribution is 0.103. The van der Waals surface area contributed by atoms with Gasteiger partial charge in [0.2, 0.25) is 0 Å². The maximum atomic E-state index is 12.3. The number of halogens is 1. The van der Waals surface area contributed by atoms with Crippen molar-refractivity contribution < 1.29 is 9.53 Å². The van der Waals surface area contributed by atoms with Crippen LogP contribution < -0.4 is 4.74 Å². The van der Waals surface area contributed by atoms with Gasteiger partial charge in [-0.3, -0.25) is 4.79 Å². The van der Waals surface area contributed by atoms with Crippen LogP contribution in [0.15, 0.2) is 42.5 Å². The topological polar surface area (TPSA) is 26.3 Å². The van der Waals surface area contributed by atoms with Crippen LogP contribution in [0.1, 0.15) is 21.5 Å². The second kappa shape index (κ2) is 5.23. The van der Waals surface area contributed by atoms with Crippen LogP contribution in [0.25, 0.3) is 0 Å². The van der Waals surface area contributed by atoms with E-state index in [2.05, 4.69) is 0 Å². The van der Waals surface area contributed by atoms with Crippen molar-refractivity contribution in [1.29, 1.82) is 0 Å². The monoisotopic (exact) mass is 260 g/mol. The van der Waals surface area contributed by atoms with Gasteiger partial charge in [0.1, 0.15) is 5.75 Å². The molecule has 0 heterocycles. The summed E-state index contributed by atoms with van der Waals surface area (Å²) in [6, 6.07) is 12.4. The van der Waals surface area contributed by atoms with Gasteiger partial charge in [-0.1, -0.05) is 17.7 Å². The van der Waals surface area contributed by atoms with Crippen molar-refractivity contribution in [3.63, 3.8) is 0 Å². The highest BCUT2D eigenvalue weighted by Crippen LogP contribution is 2.22. The number of benzene rings is 2. The molecule has 0 amide bonds. The maximum Gasteiger partial charge on any atom is 0.194 e. The molecule has 0 saturated heterocycles. The Balaban J connectivity index is 2.35. The Morgan fingerprint density at radius 3 is 2.33 bits per heavy atom. The lowest BCUT2D eigenvalue weighted by atomic mass is 10.0. The van der Waals surface area contributed by atoms with Crippen LogP contribution >= 0.6 is 11.6 Å². The van der Waals surface area contributed by atoms with E-state index in [1.165, 1.54) is 0 Å². The van der Waals surface area contributed by atoms with E-state index in [9.17, 15) is 4.79 Å². The fraction of sp³-hybridized carbons (Fsp3) is 0.133. The summed E-state index contributed by atoms with van der Waals surface area (Å²) >= 11 is 6.09. The third-order valence-corrected chi connectivity index (χ3v) is 3.03. The summed E-state index contributed by atoms with van der Waals surface area (Å²) in [5, 5.41) is 0.482. The molecule has 0 fully saturated rings. The van der Waals surface area contributed by atoms with Crippen LogP contribution in [-0.4, -0.2) is 12.9 Å². The van der Waals surface area contributed by atoms with E-state index < -0.39 is 0 Å². The van der Waals surface area contributed by atoms with Crippen molar-refractivity contribution in [2.45, 2.75) is 6.92 Å². The second-order valence-electron chi connectivity index (χ2n) is 4.04. The van der Waals surface area contributed by atoms with Crippen molar-refractivity contribution in [3.8, 4) is 5.75 Å². The molecule has 18 heavy (non-hydrogen) atoms. The van der Waals surface area contributed by atoms with Gasteiger partial charge in [0.05, 0.1) is 12.1 Å². The van der Waals surface area contributed by atoms with E-state index in [0.29, 0.717) is 16.1 Å². The molecule has 92 valence electrons. The fourth-order valence-corrected chi connectivity index (χ4v) is 2.02. The minimum Gasteiger partial charge on any atom is -0.497 e. The van der Waals surface area contributed by atoms with E-state index in [4.69, 9.17) is 16.3 Å². The number of hydrogen-bond acceptors (Lipinski definition) is 2. The highest BCUT2D eigenvalue weighted by molar-refractivity contribution is 6.35. The molecule has 0 saturated carbocycles. The number of methoxy groups -OCH3 is 1. The number of carbonyl (C=O) groups excluding carboxylic acids is 1. The molecule has 0 aliphatic heterocycles. The van der Waals surface area contributed by atoms with Crippen molar-refractivity contribution in [3.05, 3.63) is 64.2 Å². The van der Waals surface area contributed by atoms with Crippen molar-refractivity contribution in [2.75, 3.05) is 7.11 Å². The summed E-state index contributed by atoms with van der Waals surface area (Å²) in [6.07, 6.45) is 0. The van der Waals surface area contributed by atoms with Crippen LogP contribution in [-0.2, 0) is 0 Å². The summed E-state index contributed by atoms with van der Waals surface area (Å²) in [6.45, 7) is 1.94. The Bertz CT molecular complexity index is 574. The normalized spacial score (nSPS) is 10.2. The quantitative estimate of drug-likeness (QED) is 0.783. The molecule has 0 aliphatic rings. The van der Waals surface area contributed by atoms with Gasteiger partial charge in [-0.25, -0.2) is 0 Å². The van der Waals surface area contributed by atoms with E-state index in [0.717, 1.165) is 11.3 Å². The molecule has 0 unspecified atom stereocenters. The zero-order valence-electron chi connectivity index (χ0n) is 10.2. The number of carbonyl (C=O) groups is 1. The SMILES string of the molecule is COc1ccc(C(=O)c2ccc(C)cc2Cl)cc1. The number of ether oxygens (including phenoxy) is 1. The van der Waals surface area contributed by atoms with Gasteiger partial charge >= 0.3 is 0 Å². The van der Waals surface area contributed by atoms with Gasteiger partial charge in [-0.2, -0.15) is 0 Å². The molecule has 0 aliphatic carbocycles. The summed E-state index contributed by atoms with van der Waals surface area (Å²) < 4.78 is 5.06. The van der Waals surface area contributed by atoms with Gasteiger partial charge in [0, 0.05) is 11.1 Å². The highest BCUT2D eigenvalue weighted by Gasteiger charge is 2.12. The van der Waals surface area contributed by atoms with Crippen LogP contribution in [0.2, 0.25) is 5.02 Å². The average Bonchev–Trinajstić information content (AvgIpc) is 2.38. The van der Waals surface area contributed by atoms with Gasteiger partial charge in [-0.15, -0.1) is 0 Å². The lowest BCUT2D eigenvalue weighted by Crippen LogP contribution is -2.02. The Morgan fingerprint density at radius 2 is 1.78 bits per heavy atom. The number of aryl methyl sites for hydroxylation is 1. The molecule has 0 bridgehead atoms. The smallest absolute Gasteiger partial charge is 0.194 e. The molecule has 2 rings (SSSR count). The first-order valence-electron chi connectivity index (χ1n) is 5.56. The molecule has 0 N–H and O–H groups in total. The standard InChI is InChI=1S/C15H13ClO2/c1-10-3-8-13(14(16)9-10)15(17)11-4-6-12(18-2)7-5-11/h3-9H,1-2H3. The average molecular weight is 261 g/mol. The third-order valence-electron chi connectivity index (χ3n) is 2.72. The van der Waals surface area contributed by atoms with Gasteiger partial charge < -0.3 is 4.74 Å². The summed E-state index contributed by atoms with van der Waals surface area (Å²) in [5.41, 5.74) is 2.15. The molecular weight excluding hydrogens is 248 g/mol. The minimum absolute atomic E-state index is 0.0809. The summed E-state index contributed by atoms with van der Waals surface area (Å²) in [7, 11) is 1.59. The summed E-state index contributed by atoms with van der Waals surface area (Å²) in [4.78, 5) is 12.3. The van der Waals surface area contributed by atoms with Crippen LogP contribution in [0.5, 0.6) is 5.75 Å². The summed E-state index contributed by atoms with van der Waals surface area (Å²) in [5.74, 6) is 0.643. The van der Waals surface area contributed by atoms with Crippen LogP contribution in [0, 0.1) is 6.92 Å². The van der Waals surface area contributed by atoms with Crippen LogP contribution in [0.3, 0.4) is 0 Å². The van der Waals surface area contributed by atoms with E-state index in [-0.39, 0.29) is 5.78 Å². The molecule has 2 aromatic carbocycles. The molecule has 0 atom stereocenters. The van der Waals surface area contributed by atoms with Gasteiger partial charge in [-0.05, 0) is 48.9 Å². The molecule has 2 nitrogen and oxygen atoms in total. The third kappa shape index (κ3) is 2.54. The Hall–Kier alpha value is -1.80. The maximum absolute atomic E-state index is 12.3. The predicted molar refractivity (Wildman–Crippen MR) is 72.6 cm³/mol. The van der Waals surface area contributed by atoms with Crippen molar-refractivity contribution >= 4 is 17.4 Å². The number of ketones is 1. The highest BCUT2D eigenvalue weighted by atomic mass is 35.5. The molecule has 0 aromatic heterocycles. The van der Waals surface area contributed by atoms with Gasteiger partial charge in [0.15, 0.2) is 5.78 Å². The van der Waals surface area contributed by atoms with Crippen LogP contribution in [0.4, 0.5) is 0 Å².